The fraction of sp³-hybridized carbons (Fsp3) is 0.455. The van der Waals surface area contributed by atoms with Gasteiger partial charge in [0.25, 0.3) is 0 Å². The van der Waals surface area contributed by atoms with Gasteiger partial charge in [0.15, 0.2) is 9.84 Å². The van der Waals surface area contributed by atoms with Gasteiger partial charge in [-0.1, -0.05) is 18.2 Å². The van der Waals surface area contributed by atoms with Gasteiger partial charge in [-0.3, -0.25) is 4.31 Å². The van der Waals surface area contributed by atoms with E-state index in [0.29, 0.717) is 12.1 Å². The van der Waals surface area contributed by atoms with Gasteiger partial charge in [0, 0.05) is 0 Å². The summed E-state index contributed by atoms with van der Waals surface area (Å²) in [5.74, 6) is -0.0501. The Labute approximate surface area is 107 Å². The van der Waals surface area contributed by atoms with E-state index in [1.165, 1.54) is 4.31 Å². The van der Waals surface area contributed by atoms with Crippen LogP contribution in [0, 0.1) is 0 Å². The molecule has 0 amide bonds. The minimum absolute atomic E-state index is 0.0521. The van der Waals surface area contributed by atoms with Crippen LogP contribution >= 0.6 is 0 Å². The Morgan fingerprint density at radius 1 is 1.22 bits per heavy atom. The van der Waals surface area contributed by atoms with E-state index >= 15 is 0 Å². The average molecular weight is 289 g/mol. The first-order valence-electron chi connectivity index (χ1n) is 5.54. The molecular formula is C11H15NO4S2. The molecule has 0 N–H and O–H groups in total. The molecule has 1 fully saturated rings. The van der Waals surface area contributed by atoms with E-state index < -0.39 is 25.9 Å². The van der Waals surface area contributed by atoms with Gasteiger partial charge in [0.2, 0.25) is 10.0 Å². The molecule has 1 aliphatic rings. The summed E-state index contributed by atoms with van der Waals surface area (Å²) in [6, 6.07) is 8.11. The van der Waals surface area contributed by atoms with Crippen LogP contribution in [0.25, 0.3) is 0 Å². The number of para-hydroxylation sites is 1. The number of sulfone groups is 1. The lowest BCUT2D eigenvalue weighted by atomic mass is 10.2. The fourth-order valence-electron chi connectivity index (χ4n) is 2.21. The molecule has 0 bridgehead atoms. The third-order valence-corrected chi connectivity index (χ3v) is 5.88. The number of rotatable bonds is 3. The van der Waals surface area contributed by atoms with Gasteiger partial charge in [-0.2, -0.15) is 0 Å². The quantitative estimate of drug-likeness (QED) is 0.818. The predicted octanol–water partition coefficient (Wildman–Crippen LogP) is 0.640. The molecule has 2 rings (SSSR count). The zero-order valence-electron chi connectivity index (χ0n) is 9.98. The highest BCUT2D eigenvalue weighted by Crippen LogP contribution is 2.26. The van der Waals surface area contributed by atoms with Crippen molar-refractivity contribution in [3.8, 4) is 0 Å². The molecule has 0 saturated carbocycles. The molecule has 0 aromatic heterocycles. The van der Waals surface area contributed by atoms with Crippen LogP contribution in [0.3, 0.4) is 0 Å². The Morgan fingerprint density at radius 2 is 1.83 bits per heavy atom. The summed E-state index contributed by atoms with van der Waals surface area (Å²) in [4.78, 5) is 0. The largest absolute Gasteiger partial charge is 0.266 e. The Balaban J connectivity index is 2.40. The Kier molecular flexibility index (Phi) is 3.37. The lowest BCUT2D eigenvalue weighted by Crippen LogP contribution is -2.40. The number of sulfonamides is 1. The first kappa shape index (κ1) is 13.4. The molecule has 0 unspecified atom stereocenters. The van der Waals surface area contributed by atoms with E-state index in [1.807, 2.05) is 0 Å². The van der Waals surface area contributed by atoms with E-state index in [9.17, 15) is 16.8 Å². The SMILES string of the molecule is CS(=O)(=O)N(c1ccccc1)[C@@H]1CCS(=O)(=O)C1. The molecule has 0 spiro atoms. The minimum atomic E-state index is -3.48. The highest BCUT2D eigenvalue weighted by molar-refractivity contribution is 7.93. The first-order chi connectivity index (χ1) is 8.30. The standard InChI is InChI=1S/C11H15NO4S2/c1-17(13,14)12(10-5-3-2-4-6-10)11-7-8-18(15,16)9-11/h2-6,11H,7-9H2,1H3/t11-/m1/s1. The van der Waals surface area contributed by atoms with Crippen LogP contribution in [0.2, 0.25) is 0 Å². The molecule has 5 nitrogen and oxygen atoms in total. The molecule has 1 aromatic rings. The first-order valence-corrected chi connectivity index (χ1v) is 9.21. The monoisotopic (exact) mass is 289 g/mol. The van der Waals surface area contributed by atoms with Crippen molar-refractivity contribution in [1.29, 1.82) is 0 Å². The number of benzene rings is 1. The van der Waals surface area contributed by atoms with Crippen LogP contribution in [0.15, 0.2) is 30.3 Å². The van der Waals surface area contributed by atoms with Crippen LogP contribution in [-0.2, 0) is 19.9 Å². The molecule has 1 aliphatic heterocycles. The highest BCUT2D eigenvalue weighted by Gasteiger charge is 2.36. The maximum absolute atomic E-state index is 11.9. The Bertz CT molecular complexity index is 622. The summed E-state index contributed by atoms with van der Waals surface area (Å²) in [5.41, 5.74) is 0.516. The Hall–Kier alpha value is -1.08. The summed E-state index contributed by atoms with van der Waals surface area (Å²) >= 11 is 0. The molecule has 7 heteroatoms. The zero-order chi connectivity index (χ0) is 13.4. The minimum Gasteiger partial charge on any atom is -0.266 e. The second kappa shape index (κ2) is 4.55. The molecule has 100 valence electrons. The third-order valence-electron chi connectivity index (χ3n) is 2.91. The van der Waals surface area contributed by atoms with Crippen molar-refractivity contribution in [3.05, 3.63) is 30.3 Å². The van der Waals surface area contributed by atoms with E-state index in [4.69, 9.17) is 0 Å². The normalized spacial score (nSPS) is 22.8. The van der Waals surface area contributed by atoms with Crippen molar-refractivity contribution in [2.45, 2.75) is 12.5 Å². The molecule has 1 aromatic carbocycles. The van der Waals surface area contributed by atoms with Crippen LogP contribution < -0.4 is 4.31 Å². The smallest absolute Gasteiger partial charge is 0.232 e. The van der Waals surface area contributed by atoms with E-state index in [-0.39, 0.29) is 11.5 Å². The lowest BCUT2D eigenvalue weighted by molar-refractivity contribution is 0.586. The highest BCUT2D eigenvalue weighted by atomic mass is 32.2. The van der Waals surface area contributed by atoms with Gasteiger partial charge < -0.3 is 0 Å². The number of hydrogen-bond acceptors (Lipinski definition) is 4. The maximum Gasteiger partial charge on any atom is 0.232 e. The molecule has 0 aliphatic carbocycles. The Morgan fingerprint density at radius 3 is 2.28 bits per heavy atom. The number of hydrogen-bond donors (Lipinski definition) is 0. The van der Waals surface area contributed by atoms with Crippen LogP contribution in [0.4, 0.5) is 5.69 Å². The molecule has 1 atom stereocenters. The van der Waals surface area contributed by atoms with Crippen LogP contribution in [0.5, 0.6) is 0 Å². The van der Waals surface area contributed by atoms with Crippen molar-refractivity contribution in [2.75, 3.05) is 22.1 Å². The summed E-state index contributed by atoms with van der Waals surface area (Å²) in [5, 5.41) is 0. The van der Waals surface area contributed by atoms with E-state index in [2.05, 4.69) is 0 Å². The molecule has 0 radical (unpaired) electrons. The molecule has 1 heterocycles. The van der Waals surface area contributed by atoms with Crippen molar-refractivity contribution >= 4 is 25.5 Å². The van der Waals surface area contributed by atoms with Crippen molar-refractivity contribution in [3.63, 3.8) is 0 Å². The summed E-state index contributed by atoms with van der Waals surface area (Å²) in [6.07, 6.45) is 1.45. The summed E-state index contributed by atoms with van der Waals surface area (Å²) in [7, 11) is -6.60. The second-order valence-corrected chi connectivity index (χ2v) is 8.54. The van der Waals surface area contributed by atoms with Crippen molar-refractivity contribution < 1.29 is 16.8 Å². The van der Waals surface area contributed by atoms with E-state index in [1.54, 1.807) is 30.3 Å². The molecular weight excluding hydrogens is 274 g/mol. The fourth-order valence-corrected chi connectivity index (χ4v) is 5.23. The predicted molar refractivity (Wildman–Crippen MR) is 70.8 cm³/mol. The lowest BCUT2D eigenvalue weighted by Gasteiger charge is -2.27. The van der Waals surface area contributed by atoms with Gasteiger partial charge in [0.1, 0.15) is 0 Å². The topological polar surface area (TPSA) is 71.5 Å². The van der Waals surface area contributed by atoms with Gasteiger partial charge >= 0.3 is 0 Å². The summed E-state index contributed by atoms with van der Waals surface area (Å²) in [6.45, 7) is 0. The average Bonchev–Trinajstić information content (AvgIpc) is 2.58. The maximum atomic E-state index is 11.9. The van der Waals surface area contributed by atoms with Gasteiger partial charge in [0.05, 0.1) is 29.5 Å². The van der Waals surface area contributed by atoms with Gasteiger partial charge in [-0.05, 0) is 18.6 Å². The second-order valence-electron chi connectivity index (χ2n) is 4.45. The van der Waals surface area contributed by atoms with E-state index in [0.717, 1.165) is 6.26 Å². The van der Waals surface area contributed by atoms with Gasteiger partial charge in [-0.15, -0.1) is 0 Å². The van der Waals surface area contributed by atoms with Crippen molar-refractivity contribution in [2.24, 2.45) is 0 Å². The molecule has 1 saturated heterocycles. The molecule has 18 heavy (non-hydrogen) atoms. The third kappa shape index (κ3) is 2.84. The summed E-state index contributed by atoms with van der Waals surface area (Å²) < 4.78 is 47.9. The zero-order valence-corrected chi connectivity index (χ0v) is 11.6. The van der Waals surface area contributed by atoms with Crippen LogP contribution in [0.1, 0.15) is 6.42 Å². The van der Waals surface area contributed by atoms with Crippen LogP contribution in [-0.4, -0.2) is 40.6 Å². The number of anilines is 1. The van der Waals surface area contributed by atoms with Crippen molar-refractivity contribution in [1.82, 2.24) is 0 Å². The van der Waals surface area contributed by atoms with Gasteiger partial charge in [-0.25, -0.2) is 16.8 Å². The number of nitrogens with zero attached hydrogens (tertiary/aromatic N) is 1.